The van der Waals surface area contributed by atoms with Gasteiger partial charge < -0.3 is 4.74 Å². The summed E-state index contributed by atoms with van der Waals surface area (Å²) in [6.07, 6.45) is 3.29. The lowest BCUT2D eigenvalue weighted by molar-refractivity contribution is -0.134. The van der Waals surface area contributed by atoms with Crippen molar-refractivity contribution in [1.29, 1.82) is 0 Å². The second-order valence-corrected chi connectivity index (χ2v) is 7.32. The zero-order chi connectivity index (χ0) is 18.2. The van der Waals surface area contributed by atoms with Gasteiger partial charge in [-0.15, -0.1) is 0 Å². The fourth-order valence-electron chi connectivity index (χ4n) is 1.96. The zero-order valence-corrected chi connectivity index (χ0v) is 15.0. The number of hydrogen-bond acceptors (Lipinski definition) is 5. The number of rotatable bonds is 9. The summed E-state index contributed by atoms with van der Waals surface area (Å²) in [5.74, 6) is -0.573. The largest absolute Gasteiger partial charge is 0.466 e. The van der Waals surface area contributed by atoms with E-state index in [1.807, 2.05) is 6.92 Å². The molecular formula is C17H23NO5S. The van der Waals surface area contributed by atoms with E-state index in [0.717, 1.165) is 5.56 Å². The fourth-order valence-corrected chi connectivity index (χ4v) is 3.42. The van der Waals surface area contributed by atoms with Crippen LogP contribution >= 0.6 is 0 Å². The Kier molecular flexibility index (Phi) is 7.81. The molecule has 1 aromatic rings. The lowest BCUT2D eigenvalue weighted by Gasteiger charge is -2.21. The number of nitrogens with zero attached hydrogens (tertiary/aromatic N) is 1. The topological polar surface area (TPSA) is 80.8 Å². The van der Waals surface area contributed by atoms with E-state index in [1.54, 1.807) is 30.3 Å². The van der Waals surface area contributed by atoms with E-state index in [0.29, 0.717) is 6.42 Å². The van der Waals surface area contributed by atoms with Crippen molar-refractivity contribution in [2.24, 2.45) is 0 Å². The van der Waals surface area contributed by atoms with Gasteiger partial charge in [-0.25, -0.2) is 13.2 Å². The summed E-state index contributed by atoms with van der Waals surface area (Å²) in [6.45, 7) is 3.59. The highest BCUT2D eigenvalue weighted by molar-refractivity contribution is 7.89. The van der Waals surface area contributed by atoms with Gasteiger partial charge in [-0.1, -0.05) is 23.8 Å². The number of Topliss-reactive ketones (excluding diaryl/α,β-unsaturated/α-hetero) is 1. The molecule has 24 heavy (non-hydrogen) atoms. The summed E-state index contributed by atoms with van der Waals surface area (Å²) < 4.78 is 31.2. The van der Waals surface area contributed by atoms with Gasteiger partial charge in [0.25, 0.3) is 0 Å². The average molecular weight is 353 g/mol. The number of ether oxygens (including phenoxy) is 1. The van der Waals surface area contributed by atoms with Crippen LogP contribution in [0.4, 0.5) is 0 Å². The Labute approximate surface area is 143 Å². The molecule has 6 nitrogen and oxygen atoms in total. The molecule has 0 bridgehead atoms. The molecule has 1 rings (SSSR count). The highest BCUT2D eigenvalue weighted by Crippen LogP contribution is 2.17. The van der Waals surface area contributed by atoms with E-state index < -0.39 is 16.0 Å². The van der Waals surface area contributed by atoms with Gasteiger partial charge in [-0.05, 0) is 32.4 Å². The van der Waals surface area contributed by atoms with E-state index >= 15 is 0 Å². The van der Waals surface area contributed by atoms with Crippen LogP contribution in [0.5, 0.6) is 0 Å². The van der Waals surface area contributed by atoms with Gasteiger partial charge in [0.1, 0.15) is 5.78 Å². The van der Waals surface area contributed by atoms with Crippen LogP contribution < -0.4 is 0 Å². The molecule has 0 spiro atoms. The SMILES string of the molecule is COC(=O)/C=C/CCN(CCC(C)=O)S(=O)(=O)c1ccc(C)cc1. The molecule has 0 fully saturated rings. The zero-order valence-electron chi connectivity index (χ0n) is 14.2. The quantitative estimate of drug-likeness (QED) is 0.501. The Hall–Kier alpha value is -1.99. The highest BCUT2D eigenvalue weighted by Gasteiger charge is 2.23. The summed E-state index contributed by atoms with van der Waals surface area (Å²) in [5.41, 5.74) is 0.963. The third-order valence-corrected chi connectivity index (χ3v) is 5.29. The molecule has 0 heterocycles. The minimum atomic E-state index is -3.69. The molecule has 0 aliphatic carbocycles. The first-order valence-corrected chi connectivity index (χ1v) is 9.02. The van der Waals surface area contributed by atoms with Gasteiger partial charge in [0, 0.05) is 25.6 Å². The summed E-state index contributed by atoms with van der Waals surface area (Å²) in [5, 5.41) is 0. The summed E-state index contributed by atoms with van der Waals surface area (Å²) in [6, 6.07) is 6.56. The highest BCUT2D eigenvalue weighted by atomic mass is 32.2. The van der Waals surface area contributed by atoms with Crippen LogP contribution in [0.25, 0.3) is 0 Å². The average Bonchev–Trinajstić information content (AvgIpc) is 2.53. The molecule has 0 aromatic heterocycles. The van der Waals surface area contributed by atoms with Crippen LogP contribution in [0.15, 0.2) is 41.3 Å². The maximum absolute atomic E-state index is 12.7. The van der Waals surface area contributed by atoms with Crippen molar-refractivity contribution in [2.45, 2.75) is 31.6 Å². The maximum atomic E-state index is 12.7. The Morgan fingerprint density at radius 2 is 1.79 bits per heavy atom. The van der Waals surface area contributed by atoms with Gasteiger partial charge in [-0.2, -0.15) is 4.31 Å². The Bertz CT molecular complexity index is 692. The molecule has 0 aliphatic rings. The van der Waals surface area contributed by atoms with E-state index in [1.165, 1.54) is 24.4 Å². The van der Waals surface area contributed by atoms with Crippen LogP contribution in [0.2, 0.25) is 0 Å². The monoisotopic (exact) mass is 353 g/mol. The van der Waals surface area contributed by atoms with Crippen LogP contribution in [0, 0.1) is 6.92 Å². The number of methoxy groups -OCH3 is 1. The molecule has 0 atom stereocenters. The first-order chi connectivity index (χ1) is 11.3. The van der Waals surface area contributed by atoms with Gasteiger partial charge in [0.2, 0.25) is 10.0 Å². The van der Waals surface area contributed by atoms with Crippen LogP contribution in [0.1, 0.15) is 25.3 Å². The third-order valence-electron chi connectivity index (χ3n) is 3.37. The van der Waals surface area contributed by atoms with E-state index in [2.05, 4.69) is 4.74 Å². The molecular weight excluding hydrogens is 330 g/mol. The van der Waals surface area contributed by atoms with Crippen LogP contribution in [-0.4, -0.2) is 44.7 Å². The van der Waals surface area contributed by atoms with Crippen LogP contribution in [0.3, 0.4) is 0 Å². The first-order valence-electron chi connectivity index (χ1n) is 7.58. The maximum Gasteiger partial charge on any atom is 0.330 e. The number of carbonyl (C=O) groups excluding carboxylic acids is 2. The normalized spacial score (nSPS) is 11.8. The number of esters is 1. The van der Waals surface area contributed by atoms with Crippen LogP contribution in [-0.2, 0) is 24.3 Å². The third kappa shape index (κ3) is 6.25. The molecule has 7 heteroatoms. The van der Waals surface area contributed by atoms with Crippen molar-refractivity contribution in [3.63, 3.8) is 0 Å². The lowest BCUT2D eigenvalue weighted by Crippen LogP contribution is -2.33. The first kappa shape index (κ1) is 20.1. The van der Waals surface area contributed by atoms with Crippen molar-refractivity contribution in [3.8, 4) is 0 Å². The number of carbonyl (C=O) groups is 2. The van der Waals surface area contributed by atoms with Gasteiger partial charge in [0.15, 0.2) is 0 Å². The number of benzene rings is 1. The van der Waals surface area contributed by atoms with Crippen molar-refractivity contribution < 1.29 is 22.7 Å². The van der Waals surface area contributed by atoms with E-state index in [-0.39, 0.29) is 30.2 Å². The lowest BCUT2D eigenvalue weighted by atomic mass is 10.2. The molecule has 0 saturated heterocycles. The molecule has 132 valence electrons. The van der Waals surface area contributed by atoms with E-state index in [4.69, 9.17) is 0 Å². The molecule has 0 N–H and O–H groups in total. The Balaban J connectivity index is 2.90. The number of sulfonamides is 1. The second-order valence-electron chi connectivity index (χ2n) is 5.38. The molecule has 0 unspecified atom stereocenters. The standard InChI is InChI=1S/C17H23NO5S/c1-14-7-9-16(10-8-14)24(21,22)18(13-11-15(2)19)12-5-4-6-17(20)23-3/h4,6-10H,5,11-13H2,1-3H3/b6-4+. The summed E-state index contributed by atoms with van der Waals surface area (Å²) in [7, 11) is -2.42. The molecule has 0 radical (unpaired) electrons. The van der Waals surface area contributed by atoms with Gasteiger partial charge in [-0.3, -0.25) is 4.79 Å². The van der Waals surface area contributed by atoms with Gasteiger partial charge in [0.05, 0.1) is 12.0 Å². The molecule has 1 aromatic carbocycles. The number of hydrogen-bond donors (Lipinski definition) is 0. The summed E-state index contributed by atoms with van der Waals surface area (Å²) >= 11 is 0. The molecule has 0 amide bonds. The van der Waals surface area contributed by atoms with Crippen molar-refractivity contribution in [3.05, 3.63) is 42.0 Å². The fraction of sp³-hybridized carbons (Fsp3) is 0.412. The number of aryl methyl sites for hydroxylation is 1. The predicted octanol–water partition coefficient (Wildman–Crippen LogP) is 2.08. The molecule has 0 aliphatic heterocycles. The summed E-state index contributed by atoms with van der Waals surface area (Å²) in [4.78, 5) is 22.4. The predicted molar refractivity (Wildman–Crippen MR) is 91.0 cm³/mol. The Morgan fingerprint density at radius 1 is 1.17 bits per heavy atom. The smallest absolute Gasteiger partial charge is 0.330 e. The minimum absolute atomic E-state index is 0.0794. The number of ketones is 1. The Morgan fingerprint density at radius 3 is 2.33 bits per heavy atom. The second kappa shape index (κ2) is 9.34. The molecule has 0 saturated carbocycles. The van der Waals surface area contributed by atoms with Crippen molar-refractivity contribution in [1.82, 2.24) is 4.31 Å². The van der Waals surface area contributed by atoms with Crippen molar-refractivity contribution >= 4 is 21.8 Å². The van der Waals surface area contributed by atoms with Crippen molar-refractivity contribution in [2.75, 3.05) is 20.2 Å². The minimum Gasteiger partial charge on any atom is -0.466 e. The van der Waals surface area contributed by atoms with E-state index in [9.17, 15) is 18.0 Å². The van der Waals surface area contributed by atoms with Gasteiger partial charge >= 0.3 is 5.97 Å².